The van der Waals surface area contributed by atoms with Crippen LogP contribution >= 0.6 is 0 Å². The van der Waals surface area contributed by atoms with Crippen molar-refractivity contribution in [2.45, 2.75) is 25.7 Å². The fourth-order valence-electron chi connectivity index (χ4n) is 3.01. The van der Waals surface area contributed by atoms with Crippen molar-refractivity contribution in [2.75, 3.05) is 19.0 Å². The Hall–Kier alpha value is -3.16. The van der Waals surface area contributed by atoms with Crippen LogP contribution in [0.3, 0.4) is 0 Å². The van der Waals surface area contributed by atoms with E-state index < -0.39 is 5.92 Å². The molecule has 0 radical (unpaired) electrons. The summed E-state index contributed by atoms with van der Waals surface area (Å²) in [4.78, 5) is 42.8. The molecule has 8 nitrogen and oxygen atoms in total. The van der Waals surface area contributed by atoms with Crippen LogP contribution in [0.2, 0.25) is 0 Å². The van der Waals surface area contributed by atoms with E-state index in [9.17, 15) is 14.4 Å². The van der Waals surface area contributed by atoms with Gasteiger partial charge in [-0.05, 0) is 30.7 Å². The van der Waals surface area contributed by atoms with Gasteiger partial charge in [-0.25, -0.2) is 4.98 Å². The maximum absolute atomic E-state index is 12.6. The van der Waals surface area contributed by atoms with Crippen LogP contribution in [0.4, 0.5) is 5.69 Å². The first kappa shape index (κ1) is 17.7. The Morgan fingerprint density at radius 3 is 2.88 bits per heavy atom. The number of nitrogens with one attached hydrogen (secondary N) is 3. The van der Waals surface area contributed by atoms with E-state index in [0.29, 0.717) is 35.9 Å². The van der Waals surface area contributed by atoms with Gasteiger partial charge in [0.15, 0.2) is 0 Å². The molecule has 3 N–H and O–H groups in total. The van der Waals surface area contributed by atoms with Gasteiger partial charge >= 0.3 is 0 Å². The maximum atomic E-state index is 12.6. The number of hydrogen-bond acceptors (Lipinski definition) is 5. The lowest BCUT2D eigenvalue weighted by molar-refractivity contribution is -0.126. The number of amides is 2. The predicted molar refractivity (Wildman–Crippen MR) is 95.3 cm³/mol. The highest BCUT2D eigenvalue weighted by molar-refractivity contribution is 6.01. The minimum atomic E-state index is -0.581. The van der Waals surface area contributed by atoms with Gasteiger partial charge in [0.25, 0.3) is 5.56 Å². The fourth-order valence-corrected chi connectivity index (χ4v) is 3.01. The Morgan fingerprint density at radius 2 is 2.15 bits per heavy atom. The van der Waals surface area contributed by atoms with E-state index in [2.05, 4.69) is 20.6 Å². The van der Waals surface area contributed by atoms with E-state index in [1.54, 1.807) is 32.2 Å². The maximum Gasteiger partial charge on any atom is 0.251 e. The van der Waals surface area contributed by atoms with Gasteiger partial charge in [0.05, 0.1) is 13.0 Å². The number of rotatable bonds is 5. The molecule has 2 aromatic rings. The molecule has 26 heavy (non-hydrogen) atoms. The van der Waals surface area contributed by atoms with Crippen molar-refractivity contribution < 1.29 is 14.3 Å². The SMILES string of the molecule is COc1ccc2c(c1)C(C(=O)NCCc1cc(=O)[nH]c(C)n1)CC(=O)N2. The average molecular weight is 356 g/mol. The number of anilines is 1. The highest BCUT2D eigenvalue weighted by atomic mass is 16.5. The van der Waals surface area contributed by atoms with E-state index >= 15 is 0 Å². The smallest absolute Gasteiger partial charge is 0.251 e. The van der Waals surface area contributed by atoms with Gasteiger partial charge in [0, 0.05) is 36.8 Å². The molecule has 0 spiro atoms. The molecule has 2 heterocycles. The zero-order valence-corrected chi connectivity index (χ0v) is 14.6. The van der Waals surface area contributed by atoms with Crippen LogP contribution in [0.25, 0.3) is 0 Å². The van der Waals surface area contributed by atoms with Crippen molar-refractivity contribution >= 4 is 17.5 Å². The fraction of sp³-hybridized carbons (Fsp3) is 0.333. The number of aromatic amines is 1. The normalized spacial score (nSPS) is 15.8. The Morgan fingerprint density at radius 1 is 1.35 bits per heavy atom. The van der Waals surface area contributed by atoms with Crippen molar-refractivity contribution in [3.63, 3.8) is 0 Å². The predicted octanol–water partition coefficient (Wildman–Crippen LogP) is 0.872. The second kappa shape index (κ2) is 7.38. The molecule has 1 atom stereocenters. The van der Waals surface area contributed by atoms with Gasteiger partial charge in [0.2, 0.25) is 11.8 Å². The van der Waals surface area contributed by atoms with Gasteiger partial charge in [-0.3, -0.25) is 14.4 Å². The third-order valence-electron chi connectivity index (χ3n) is 4.21. The molecule has 1 unspecified atom stereocenters. The minimum Gasteiger partial charge on any atom is -0.497 e. The van der Waals surface area contributed by atoms with Gasteiger partial charge in [-0.2, -0.15) is 0 Å². The summed E-state index contributed by atoms with van der Waals surface area (Å²) in [5.41, 5.74) is 1.74. The standard InChI is InChI=1S/C18H20N4O4/c1-10-20-11(7-16(23)21-10)5-6-19-18(25)14-9-17(24)22-15-4-3-12(26-2)8-13(14)15/h3-4,7-8,14H,5-6,9H2,1-2H3,(H,19,25)(H,22,24)(H,20,21,23). The molecule has 0 saturated carbocycles. The van der Waals surface area contributed by atoms with Crippen LogP contribution < -0.4 is 20.9 Å². The van der Waals surface area contributed by atoms with Gasteiger partial charge < -0.3 is 20.4 Å². The molecule has 0 fully saturated rings. The second-order valence-electron chi connectivity index (χ2n) is 6.12. The van der Waals surface area contributed by atoms with Crippen LogP contribution in [0.5, 0.6) is 5.75 Å². The monoisotopic (exact) mass is 356 g/mol. The number of H-pyrrole nitrogens is 1. The van der Waals surface area contributed by atoms with Crippen LogP contribution in [-0.2, 0) is 16.0 Å². The number of nitrogens with zero attached hydrogens (tertiary/aromatic N) is 1. The van der Waals surface area contributed by atoms with Crippen molar-refractivity contribution in [3.8, 4) is 5.75 Å². The Balaban J connectivity index is 1.70. The number of carbonyl (C=O) groups is 2. The van der Waals surface area contributed by atoms with Crippen molar-refractivity contribution in [3.05, 3.63) is 51.7 Å². The molecule has 1 aliphatic heterocycles. The minimum absolute atomic E-state index is 0.0777. The molecular weight excluding hydrogens is 336 g/mol. The largest absolute Gasteiger partial charge is 0.497 e. The molecule has 0 aliphatic carbocycles. The van der Waals surface area contributed by atoms with Gasteiger partial charge in [-0.15, -0.1) is 0 Å². The van der Waals surface area contributed by atoms with Gasteiger partial charge in [0.1, 0.15) is 11.6 Å². The van der Waals surface area contributed by atoms with E-state index in [1.807, 2.05) is 0 Å². The number of fused-ring (bicyclic) bond motifs is 1. The molecule has 0 saturated heterocycles. The topological polar surface area (TPSA) is 113 Å². The van der Waals surface area contributed by atoms with E-state index in [4.69, 9.17) is 4.74 Å². The number of aryl methyl sites for hydroxylation is 1. The number of methoxy groups -OCH3 is 1. The number of hydrogen-bond donors (Lipinski definition) is 3. The lowest BCUT2D eigenvalue weighted by Crippen LogP contribution is -2.36. The summed E-state index contributed by atoms with van der Waals surface area (Å²) in [6.07, 6.45) is 0.509. The molecule has 1 aliphatic rings. The van der Waals surface area contributed by atoms with Crippen LogP contribution in [0.1, 0.15) is 29.4 Å². The lowest BCUT2D eigenvalue weighted by Gasteiger charge is -2.25. The first-order valence-electron chi connectivity index (χ1n) is 8.28. The van der Waals surface area contributed by atoms with Crippen LogP contribution in [0, 0.1) is 6.92 Å². The summed E-state index contributed by atoms with van der Waals surface area (Å²) in [7, 11) is 1.55. The van der Waals surface area contributed by atoms with E-state index in [-0.39, 0.29) is 23.8 Å². The molecular formula is C18H20N4O4. The molecule has 3 rings (SSSR count). The molecule has 2 amide bonds. The highest BCUT2D eigenvalue weighted by Gasteiger charge is 2.30. The highest BCUT2D eigenvalue weighted by Crippen LogP contribution is 2.34. The Bertz CT molecular complexity index is 906. The number of carbonyl (C=O) groups excluding carboxylic acids is 2. The number of ether oxygens (including phenoxy) is 1. The van der Waals surface area contributed by atoms with Crippen LogP contribution in [-0.4, -0.2) is 35.4 Å². The summed E-state index contributed by atoms with van der Waals surface area (Å²) in [6.45, 7) is 2.03. The average Bonchev–Trinajstić information content (AvgIpc) is 2.59. The summed E-state index contributed by atoms with van der Waals surface area (Å²) < 4.78 is 5.21. The number of benzene rings is 1. The van der Waals surface area contributed by atoms with Gasteiger partial charge in [-0.1, -0.05) is 0 Å². The molecule has 136 valence electrons. The molecule has 0 bridgehead atoms. The zero-order chi connectivity index (χ0) is 18.7. The van der Waals surface area contributed by atoms with Crippen LogP contribution in [0.15, 0.2) is 29.1 Å². The first-order valence-corrected chi connectivity index (χ1v) is 8.28. The Kier molecular flexibility index (Phi) is 5.01. The quantitative estimate of drug-likeness (QED) is 0.736. The van der Waals surface area contributed by atoms with E-state index in [1.165, 1.54) is 6.07 Å². The zero-order valence-electron chi connectivity index (χ0n) is 14.6. The molecule has 1 aromatic heterocycles. The van der Waals surface area contributed by atoms with Crippen molar-refractivity contribution in [1.29, 1.82) is 0 Å². The summed E-state index contributed by atoms with van der Waals surface area (Å²) in [6, 6.07) is 6.64. The van der Waals surface area contributed by atoms with Crippen molar-refractivity contribution in [1.82, 2.24) is 15.3 Å². The van der Waals surface area contributed by atoms with E-state index in [0.717, 1.165) is 5.56 Å². The first-order chi connectivity index (χ1) is 12.5. The third-order valence-corrected chi connectivity index (χ3v) is 4.21. The Labute approximate surface area is 150 Å². The summed E-state index contributed by atoms with van der Waals surface area (Å²) in [5.74, 6) is 0.137. The van der Waals surface area contributed by atoms with Crippen molar-refractivity contribution in [2.24, 2.45) is 0 Å². The lowest BCUT2D eigenvalue weighted by atomic mass is 9.89. The second-order valence-corrected chi connectivity index (χ2v) is 6.12. The molecule has 1 aromatic carbocycles. The third kappa shape index (κ3) is 3.90. The number of aromatic nitrogens is 2. The summed E-state index contributed by atoms with van der Waals surface area (Å²) in [5, 5.41) is 5.59. The molecule has 8 heteroatoms. The summed E-state index contributed by atoms with van der Waals surface area (Å²) >= 11 is 0.